The molecule has 1 unspecified atom stereocenters. The molecule has 0 aliphatic carbocycles. The highest BCUT2D eigenvalue weighted by molar-refractivity contribution is 7.09. The molecule has 1 aliphatic heterocycles. The molecule has 0 saturated carbocycles. The van der Waals surface area contributed by atoms with E-state index in [1.54, 1.807) is 14.2 Å². The normalized spacial score (nSPS) is 16.3. The highest BCUT2D eigenvalue weighted by Crippen LogP contribution is 2.24. The van der Waals surface area contributed by atoms with Crippen molar-refractivity contribution >= 4 is 22.6 Å². The Kier molecular flexibility index (Phi) is 6.36. The Labute approximate surface area is 186 Å². The zero-order valence-corrected chi connectivity index (χ0v) is 18.8. The lowest BCUT2D eigenvalue weighted by Gasteiger charge is -2.39. The monoisotopic (exact) mass is 438 g/mol. The number of ether oxygens (including phenoxy) is 2. The maximum atomic E-state index is 12.9. The lowest BCUT2D eigenvalue weighted by Crippen LogP contribution is -2.54. The van der Waals surface area contributed by atoms with Crippen LogP contribution in [0.25, 0.3) is 0 Å². The van der Waals surface area contributed by atoms with E-state index in [9.17, 15) is 4.79 Å². The molecule has 31 heavy (non-hydrogen) atoms. The number of nitrogens with zero attached hydrogens (tertiary/aromatic N) is 4. The van der Waals surface area contributed by atoms with E-state index in [0.29, 0.717) is 18.5 Å². The van der Waals surface area contributed by atoms with Gasteiger partial charge < -0.3 is 19.3 Å². The van der Waals surface area contributed by atoms with Crippen LogP contribution in [-0.2, 0) is 6.42 Å². The van der Waals surface area contributed by atoms with Crippen LogP contribution in [0, 0.1) is 0 Å². The standard InChI is InChI=1S/C23H26N4O3S/c1-16-15-26(11-12-27(16)22(28)18-7-9-19(29-2)10-8-18)23-24-21(25-31-23)14-17-5-4-6-20(13-17)30-3/h4-10,13,16H,11-12,14-15H2,1-3H3. The van der Waals surface area contributed by atoms with Crippen LogP contribution in [0.2, 0.25) is 0 Å². The number of amides is 1. The fraction of sp³-hybridized carbons (Fsp3) is 0.348. The van der Waals surface area contributed by atoms with Crippen LogP contribution in [0.3, 0.4) is 0 Å². The van der Waals surface area contributed by atoms with Crippen LogP contribution >= 0.6 is 11.5 Å². The average Bonchev–Trinajstić information content (AvgIpc) is 3.27. The molecule has 1 fully saturated rings. The Morgan fingerprint density at radius 2 is 1.87 bits per heavy atom. The first-order valence-corrected chi connectivity index (χ1v) is 11.0. The van der Waals surface area contributed by atoms with Gasteiger partial charge in [-0.3, -0.25) is 4.79 Å². The first kappa shape index (κ1) is 21.1. The lowest BCUT2D eigenvalue weighted by atomic mass is 10.1. The fourth-order valence-electron chi connectivity index (χ4n) is 3.74. The van der Waals surface area contributed by atoms with Gasteiger partial charge in [0.2, 0.25) is 5.13 Å². The molecule has 0 bridgehead atoms. The number of methoxy groups -OCH3 is 2. The van der Waals surface area contributed by atoms with E-state index in [2.05, 4.69) is 22.3 Å². The summed E-state index contributed by atoms with van der Waals surface area (Å²) in [5.74, 6) is 2.43. The van der Waals surface area contributed by atoms with Crippen molar-refractivity contribution in [3.8, 4) is 11.5 Å². The molecule has 2 aromatic carbocycles. The number of hydrogen-bond acceptors (Lipinski definition) is 7. The smallest absolute Gasteiger partial charge is 0.254 e. The van der Waals surface area contributed by atoms with E-state index in [4.69, 9.17) is 14.5 Å². The minimum atomic E-state index is 0.0470. The zero-order chi connectivity index (χ0) is 21.8. The number of carbonyl (C=O) groups excluding carboxylic acids is 1. The largest absolute Gasteiger partial charge is 0.497 e. The first-order valence-electron chi connectivity index (χ1n) is 10.2. The summed E-state index contributed by atoms with van der Waals surface area (Å²) in [6.07, 6.45) is 0.666. The third-order valence-electron chi connectivity index (χ3n) is 5.45. The van der Waals surface area contributed by atoms with Crippen LogP contribution < -0.4 is 14.4 Å². The van der Waals surface area contributed by atoms with Crippen LogP contribution in [-0.4, -0.2) is 60.1 Å². The van der Waals surface area contributed by atoms with Gasteiger partial charge in [-0.15, -0.1) is 0 Å². The summed E-state index contributed by atoms with van der Waals surface area (Å²) in [6, 6.07) is 15.3. The fourth-order valence-corrected chi connectivity index (χ4v) is 4.46. The van der Waals surface area contributed by atoms with Gasteiger partial charge in [0.25, 0.3) is 5.91 Å². The third-order valence-corrected chi connectivity index (χ3v) is 6.26. The summed E-state index contributed by atoms with van der Waals surface area (Å²) in [5.41, 5.74) is 1.80. The summed E-state index contributed by atoms with van der Waals surface area (Å²) < 4.78 is 15.0. The Morgan fingerprint density at radius 1 is 1.10 bits per heavy atom. The molecule has 0 N–H and O–H groups in total. The van der Waals surface area contributed by atoms with Gasteiger partial charge in [0.05, 0.1) is 14.2 Å². The van der Waals surface area contributed by atoms with E-state index in [0.717, 1.165) is 41.1 Å². The van der Waals surface area contributed by atoms with Crippen molar-refractivity contribution < 1.29 is 14.3 Å². The Balaban J connectivity index is 1.39. The molecule has 8 heteroatoms. The Hall–Kier alpha value is -3.13. The molecule has 2 heterocycles. The Bertz CT molecular complexity index is 1040. The third kappa shape index (κ3) is 4.80. The second-order valence-corrected chi connectivity index (χ2v) is 8.27. The number of piperazine rings is 1. The van der Waals surface area contributed by atoms with Crippen molar-refractivity contribution in [2.24, 2.45) is 0 Å². The van der Waals surface area contributed by atoms with Crippen molar-refractivity contribution in [2.45, 2.75) is 19.4 Å². The van der Waals surface area contributed by atoms with Gasteiger partial charge in [-0.2, -0.15) is 4.37 Å². The van der Waals surface area contributed by atoms with E-state index in [1.165, 1.54) is 11.5 Å². The number of benzene rings is 2. The van der Waals surface area contributed by atoms with Gasteiger partial charge in [-0.05, 0) is 48.9 Å². The lowest BCUT2D eigenvalue weighted by molar-refractivity contribution is 0.0674. The molecular formula is C23H26N4O3S. The second kappa shape index (κ2) is 9.34. The quantitative estimate of drug-likeness (QED) is 0.587. The molecule has 7 nitrogen and oxygen atoms in total. The van der Waals surface area contributed by atoms with Crippen molar-refractivity contribution in [3.63, 3.8) is 0 Å². The molecule has 1 aliphatic rings. The molecule has 1 saturated heterocycles. The minimum absolute atomic E-state index is 0.0470. The van der Waals surface area contributed by atoms with Gasteiger partial charge in [-0.25, -0.2) is 4.98 Å². The Morgan fingerprint density at radius 3 is 2.58 bits per heavy atom. The number of anilines is 1. The minimum Gasteiger partial charge on any atom is -0.497 e. The van der Waals surface area contributed by atoms with Gasteiger partial charge in [0.1, 0.15) is 17.3 Å². The number of carbonyl (C=O) groups is 1. The maximum Gasteiger partial charge on any atom is 0.254 e. The number of hydrogen-bond donors (Lipinski definition) is 0. The summed E-state index contributed by atoms with van der Waals surface area (Å²) in [7, 11) is 3.28. The average molecular weight is 439 g/mol. The van der Waals surface area contributed by atoms with Crippen molar-refractivity contribution in [1.29, 1.82) is 0 Å². The molecular weight excluding hydrogens is 412 g/mol. The first-order chi connectivity index (χ1) is 15.1. The predicted molar refractivity (Wildman–Crippen MR) is 121 cm³/mol. The summed E-state index contributed by atoms with van der Waals surface area (Å²) in [4.78, 5) is 21.8. The summed E-state index contributed by atoms with van der Waals surface area (Å²) in [5, 5.41) is 0.904. The molecule has 1 atom stereocenters. The summed E-state index contributed by atoms with van der Waals surface area (Å²) in [6.45, 7) is 4.19. The number of rotatable bonds is 6. The van der Waals surface area contributed by atoms with Crippen LogP contribution in [0.5, 0.6) is 11.5 Å². The highest BCUT2D eigenvalue weighted by Gasteiger charge is 2.29. The molecule has 3 aromatic rings. The molecule has 4 rings (SSSR count). The second-order valence-electron chi connectivity index (χ2n) is 7.54. The van der Waals surface area contributed by atoms with Gasteiger partial charge >= 0.3 is 0 Å². The maximum absolute atomic E-state index is 12.9. The molecule has 1 aromatic heterocycles. The van der Waals surface area contributed by atoms with Gasteiger partial charge in [-0.1, -0.05) is 12.1 Å². The topological polar surface area (TPSA) is 67.8 Å². The molecule has 162 valence electrons. The van der Waals surface area contributed by atoms with Crippen molar-refractivity contribution in [2.75, 3.05) is 38.8 Å². The highest BCUT2D eigenvalue weighted by atomic mass is 32.1. The van der Waals surface area contributed by atoms with Crippen molar-refractivity contribution in [1.82, 2.24) is 14.3 Å². The van der Waals surface area contributed by atoms with Crippen LogP contribution in [0.4, 0.5) is 5.13 Å². The van der Waals surface area contributed by atoms with Gasteiger partial charge in [0, 0.05) is 49.2 Å². The van der Waals surface area contributed by atoms with E-state index >= 15 is 0 Å². The summed E-state index contributed by atoms with van der Waals surface area (Å²) >= 11 is 1.41. The van der Waals surface area contributed by atoms with E-state index in [1.807, 2.05) is 47.4 Å². The molecule has 0 radical (unpaired) electrons. The molecule has 0 spiro atoms. The zero-order valence-electron chi connectivity index (χ0n) is 17.9. The van der Waals surface area contributed by atoms with Crippen molar-refractivity contribution in [3.05, 3.63) is 65.5 Å². The van der Waals surface area contributed by atoms with E-state index in [-0.39, 0.29) is 11.9 Å². The van der Waals surface area contributed by atoms with Crippen LogP contribution in [0.1, 0.15) is 28.7 Å². The molecule has 1 amide bonds. The number of aromatic nitrogens is 2. The van der Waals surface area contributed by atoms with Gasteiger partial charge in [0.15, 0.2) is 0 Å². The van der Waals surface area contributed by atoms with Crippen LogP contribution in [0.15, 0.2) is 48.5 Å². The SMILES string of the molecule is COc1ccc(C(=O)N2CCN(c3nc(Cc4cccc(OC)c4)ns3)CC2C)cc1. The predicted octanol–water partition coefficient (Wildman–Crippen LogP) is 3.50. The van der Waals surface area contributed by atoms with E-state index < -0.39 is 0 Å².